The molecule has 1 N–H and O–H groups in total. The Labute approximate surface area is 111 Å². The molecule has 0 amide bonds. The summed E-state index contributed by atoms with van der Waals surface area (Å²) >= 11 is 0. The van der Waals surface area contributed by atoms with Crippen molar-refractivity contribution < 1.29 is 8.42 Å². The summed E-state index contributed by atoms with van der Waals surface area (Å²) in [5, 5.41) is 3.08. The summed E-state index contributed by atoms with van der Waals surface area (Å²) in [6.45, 7) is 5.83. The van der Waals surface area contributed by atoms with Crippen LogP contribution >= 0.6 is 0 Å². The molecule has 4 heteroatoms. The number of nitrogens with one attached hydrogen (secondary N) is 1. The average molecular weight is 269 g/mol. The van der Waals surface area contributed by atoms with E-state index in [2.05, 4.69) is 12.2 Å². The number of hydrogen-bond acceptors (Lipinski definition) is 3. The van der Waals surface area contributed by atoms with Gasteiger partial charge in [-0.1, -0.05) is 25.5 Å². The van der Waals surface area contributed by atoms with Crippen molar-refractivity contribution in [2.75, 3.05) is 12.8 Å². The molecule has 0 aliphatic rings. The van der Waals surface area contributed by atoms with Crippen LogP contribution in [0.2, 0.25) is 0 Å². The molecule has 3 nitrogen and oxygen atoms in total. The second-order valence-electron chi connectivity index (χ2n) is 4.82. The highest BCUT2D eigenvalue weighted by atomic mass is 32.2. The van der Waals surface area contributed by atoms with Gasteiger partial charge in [0.25, 0.3) is 0 Å². The first-order chi connectivity index (χ1) is 8.40. The summed E-state index contributed by atoms with van der Waals surface area (Å²) in [5.74, 6) is 0.168. The third-order valence-corrected chi connectivity index (χ3v) is 5.10. The number of sulfone groups is 1. The third-order valence-electron chi connectivity index (χ3n) is 3.14. The van der Waals surface area contributed by atoms with Crippen molar-refractivity contribution in [1.29, 1.82) is 0 Å². The molecule has 1 aromatic rings. The Morgan fingerprint density at radius 1 is 1.28 bits per heavy atom. The molecule has 1 rings (SSSR count). The molecule has 0 spiro atoms. The zero-order chi connectivity index (χ0) is 13.8. The summed E-state index contributed by atoms with van der Waals surface area (Å²) in [6.07, 6.45) is 1.86. The highest BCUT2D eigenvalue weighted by molar-refractivity contribution is 7.91. The predicted molar refractivity (Wildman–Crippen MR) is 75.7 cm³/mol. The van der Waals surface area contributed by atoms with Crippen LogP contribution in [-0.4, -0.2) is 27.3 Å². The summed E-state index contributed by atoms with van der Waals surface area (Å²) in [7, 11) is -1.39. The summed E-state index contributed by atoms with van der Waals surface area (Å²) in [6, 6.07) is 5.61. The Morgan fingerprint density at radius 2 is 1.94 bits per heavy atom. The molecule has 1 aromatic carbocycles. The summed E-state index contributed by atoms with van der Waals surface area (Å²) in [4.78, 5) is 0.471. The van der Waals surface area contributed by atoms with Crippen molar-refractivity contribution in [3.63, 3.8) is 0 Å². The van der Waals surface area contributed by atoms with Crippen LogP contribution in [0.25, 0.3) is 0 Å². The lowest BCUT2D eigenvalue weighted by Crippen LogP contribution is -2.33. The second-order valence-corrected chi connectivity index (χ2v) is 6.83. The lowest BCUT2D eigenvalue weighted by Gasteiger charge is -2.16. The Balaban J connectivity index is 3.02. The maximum Gasteiger partial charge on any atom is 0.180 e. The first-order valence-corrected chi connectivity index (χ1v) is 8.03. The van der Waals surface area contributed by atoms with Crippen molar-refractivity contribution in [3.8, 4) is 0 Å². The topological polar surface area (TPSA) is 46.2 Å². The van der Waals surface area contributed by atoms with Crippen LogP contribution < -0.4 is 5.32 Å². The van der Waals surface area contributed by atoms with Gasteiger partial charge >= 0.3 is 0 Å². The molecule has 0 bridgehead atoms. The van der Waals surface area contributed by atoms with E-state index < -0.39 is 9.84 Å². The highest BCUT2D eigenvalue weighted by Gasteiger charge is 2.21. The molecule has 1 unspecified atom stereocenters. The van der Waals surface area contributed by atoms with E-state index in [1.807, 2.05) is 33.0 Å². The summed E-state index contributed by atoms with van der Waals surface area (Å²) < 4.78 is 24.8. The fourth-order valence-corrected chi connectivity index (χ4v) is 4.02. The minimum Gasteiger partial charge on any atom is -0.316 e. The fourth-order valence-electron chi connectivity index (χ4n) is 2.06. The molecule has 0 saturated carbocycles. The van der Waals surface area contributed by atoms with Gasteiger partial charge in [0.1, 0.15) is 0 Å². The van der Waals surface area contributed by atoms with Crippen LogP contribution in [0, 0.1) is 13.8 Å². The molecule has 0 radical (unpaired) electrons. The SMILES string of the molecule is CCCC(CS(=O)(=O)c1cc(C)ccc1C)NC. The smallest absolute Gasteiger partial charge is 0.180 e. The fraction of sp³-hybridized carbons (Fsp3) is 0.571. The molecule has 102 valence electrons. The summed E-state index contributed by atoms with van der Waals surface area (Å²) in [5.41, 5.74) is 1.81. The largest absolute Gasteiger partial charge is 0.316 e. The van der Waals surface area contributed by atoms with Gasteiger partial charge < -0.3 is 5.32 Å². The Hall–Kier alpha value is -0.870. The van der Waals surface area contributed by atoms with E-state index in [1.54, 1.807) is 6.07 Å². The molecule has 0 aliphatic heterocycles. The van der Waals surface area contributed by atoms with Gasteiger partial charge in [-0.15, -0.1) is 0 Å². The molecular formula is C14H23NO2S. The minimum atomic E-state index is -3.21. The van der Waals surface area contributed by atoms with E-state index in [0.29, 0.717) is 4.90 Å². The van der Waals surface area contributed by atoms with Crippen molar-refractivity contribution in [2.45, 2.75) is 44.6 Å². The number of hydrogen-bond donors (Lipinski definition) is 1. The van der Waals surface area contributed by atoms with Crippen molar-refractivity contribution in [2.24, 2.45) is 0 Å². The first kappa shape index (κ1) is 15.2. The van der Waals surface area contributed by atoms with E-state index >= 15 is 0 Å². The van der Waals surface area contributed by atoms with E-state index in [4.69, 9.17) is 0 Å². The zero-order valence-electron chi connectivity index (χ0n) is 11.7. The van der Waals surface area contributed by atoms with E-state index in [0.717, 1.165) is 24.0 Å². The Morgan fingerprint density at radius 3 is 2.50 bits per heavy atom. The van der Waals surface area contributed by atoms with Gasteiger partial charge in [0, 0.05) is 6.04 Å². The first-order valence-electron chi connectivity index (χ1n) is 6.38. The quantitative estimate of drug-likeness (QED) is 0.863. The van der Waals surface area contributed by atoms with Crippen molar-refractivity contribution in [1.82, 2.24) is 5.32 Å². The van der Waals surface area contributed by atoms with Gasteiger partial charge in [0.05, 0.1) is 10.6 Å². The average Bonchev–Trinajstić information content (AvgIpc) is 2.31. The molecule has 18 heavy (non-hydrogen) atoms. The Bertz CT molecular complexity index is 495. The molecule has 0 fully saturated rings. The second kappa shape index (κ2) is 6.34. The van der Waals surface area contributed by atoms with E-state index in [-0.39, 0.29) is 11.8 Å². The molecule has 0 saturated heterocycles. The van der Waals surface area contributed by atoms with Crippen LogP contribution in [0.4, 0.5) is 0 Å². The van der Waals surface area contributed by atoms with Crippen LogP contribution in [0.1, 0.15) is 30.9 Å². The Kier molecular flexibility index (Phi) is 5.35. The van der Waals surface area contributed by atoms with Gasteiger partial charge in [-0.3, -0.25) is 0 Å². The maximum absolute atomic E-state index is 12.4. The third kappa shape index (κ3) is 3.82. The predicted octanol–water partition coefficient (Wildman–Crippen LogP) is 2.47. The monoisotopic (exact) mass is 269 g/mol. The highest BCUT2D eigenvalue weighted by Crippen LogP contribution is 2.19. The van der Waals surface area contributed by atoms with Crippen LogP contribution in [0.5, 0.6) is 0 Å². The van der Waals surface area contributed by atoms with Gasteiger partial charge in [0.15, 0.2) is 9.84 Å². The van der Waals surface area contributed by atoms with Gasteiger partial charge in [0.2, 0.25) is 0 Å². The lowest BCUT2D eigenvalue weighted by atomic mass is 10.2. The normalized spacial score (nSPS) is 13.6. The molecule has 0 aromatic heterocycles. The van der Waals surface area contributed by atoms with Crippen molar-refractivity contribution in [3.05, 3.63) is 29.3 Å². The molecule has 0 aliphatic carbocycles. The zero-order valence-corrected chi connectivity index (χ0v) is 12.5. The maximum atomic E-state index is 12.4. The van der Waals surface area contributed by atoms with Gasteiger partial charge in [-0.25, -0.2) is 8.42 Å². The van der Waals surface area contributed by atoms with E-state index in [9.17, 15) is 8.42 Å². The number of rotatable bonds is 6. The molecule has 0 heterocycles. The van der Waals surface area contributed by atoms with Crippen LogP contribution in [0.3, 0.4) is 0 Å². The molecular weight excluding hydrogens is 246 g/mol. The lowest BCUT2D eigenvalue weighted by molar-refractivity contribution is 0.536. The number of benzene rings is 1. The molecule has 1 atom stereocenters. The van der Waals surface area contributed by atoms with Crippen LogP contribution in [0.15, 0.2) is 23.1 Å². The van der Waals surface area contributed by atoms with Gasteiger partial charge in [-0.05, 0) is 44.5 Å². The number of aryl methyl sites for hydroxylation is 2. The standard InChI is InChI=1S/C14H23NO2S/c1-5-6-13(15-4)10-18(16,17)14-9-11(2)7-8-12(14)3/h7-9,13,15H,5-6,10H2,1-4H3. The van der Waals surface area contributed by atoms with E-state index in [1.165, 1.54) is 0 Å². The van der Waals surface area contributed by atoms with Crippen LogP contribution in [-0.2, 0) is 9.84 Å². The van der Waals surface area contributed by atoms with Crippen molar-refractivity contribution >= 4 is 9.84 Å². The van der Waals surface area contributed by atoms with Gasteiger partial charge in [-0.2, -0.15) is 0 Å². The minimum absolute atomic E-state index is 0.0277.